The van der Waals surface area contributed by atoms with Crippen LogP contribution in [0.5, 0.6) is 5.75 Å². The smallest absolute Gasteiger partial charge is 0.407 e. The molecule has 126 valence electrons. The molecule has 1 aliphatic rings. The number of hydrogen-bond donors (Lipinski definition) is 2. The maximum absolute atomic E-state index is 11.5. The molecule has 0 bridgehead atoms. The molecule has 1 heterocycles. The number of phenolic OH excluding ortho intramolecular Hbond substituents is 1. The Balaban J connectivity index is 1.72. The van der Waals surface area contributed by atoms with Gasteiger partial charge < -0.3 is 15.1 Å². The maximum atomic E-state index is 11.5. The van der Waals surface area contributed by atoms with Gasteiger partial charge in [-0.15, -0.1) is 0 Å². The molecule has 0 unspecified atom stereocenters. The van der Waals surface area contributed by atoms with Gasteiger partial charge in [-0.1, -0.05) is 48.5 Å². The van der Waals surface area contributed by atoms with Gasteiger partial charge in [0.15, 0.2) is 0 Å². The van der Waals surface area contributed by atoms with Crippen molar-refractivity contribution in [2.75, 3.05) is 19.6 Å². The van der Waals surface area contributed by atoms with Crippen LogP contribution in [0.2, 0.25) is 0 Å². The predicted molar refractivity (Wildman–Crippen MR) is 92.0 cm³/mol. The summed E-state index contributed by atoms with van der Waals surface area (Å²) in [6.45, 7) is 2.68. The van der Waals surface area contributed by atoms with E-state index in [1.165, 1.54) is 10.5 Å². The predicted octanol–water partition coefficient (Wildman–Crippen LogP) is 2.80. The van der Waals surface area contributed by atoms with Crippen molar-refractivity contribution in [3.05, 3.63) is 65.7 Å². The summed E-state index contributed by atoms with van der Waals surface area (Å²) in [5, 5.41) is 19.5. The molecule has 0 saturated carbocycles. The highest BCUT2D eigenvalue weighted by Crippen LogP contribution is 2.22. The zero-order valence-electron chi connectivity index (χ0n) is 13.5. The number of rotatable bonds is 4. The molecule has 0 spiro atoms. The highest BCUT2D eigenvalue weighted by atomic mass is 16.4. The molecule has 3 rings (SSSR count). The first kappa shape index (κ1) is 16.3. The number of amides is 1. The third kappa shape index (κ3) is 3.86. The first-order valence-electron chi connectivity index (χ1n) is 8.16. The van der Waals surface area contributed by atoms with Crippen LogP contribution in [0.15, 0.2) is 54.6 Å². The van der Waals surface area contributed by atoms with E-state index < -0.39 is 6.09 Å². The number of aromatic hydroxyl groups is 1. The summed E-state index contributed by atoms with van der Waals surface area (Å²) in [5.74, 6) is 0.225. The molecule has 5 nitrogen and oxygen atoms in total. The van der Waals surface area contributed by atoms with Gasteiger partial charge in [-0.2, -0.15) is 0 Å². The molecule has 0 aromatic heterocycles. The van der Waals surface area contributed by atoms with Gasteiger partial charge in [0.05, 0.1) is 6.04 Å². The van der Waals surface area contributed by atoms with Crippen molar-refractivity contribution in [1.29, 1.82) is 0 Å². The minimum Gasteiger partial charge on any atom is -0.508 e. The number of hydrogen-bond acceptors (Lipinski definition) is 3. The lowest BCUT2D eigenvalue weighted by Gasteiger charge is -2.40. The van der Waals surface area contributed by atoms with Gasteiger partial charge in [-0.05, 0) is 23.6 Å². The van der Waals surface area contributed by atoms with E-state index >= 15 is 0 Å². The van der Waals surface area contributed by atoms with Gasteiger partial charge in [-0.25, -0.2) is 4.79 Å². The Hall–Kier alpha value is -2.53. The number of carboxylic acid groups (broad SMARTS) is 1. The van der Waals surface area contributed by atoms with Gasteiger partial charge in [0, 0.05) is 26.2 Å². The summed E-state index contributed by atoms with van der Waals surface area (Å²) in [4.78, 5) is 15.3. The summed E-state index contributed by atoms with van der Waals surface area (Å²) in [5.41, 5.74) is 2.01. The molecular formula is C19H22N2O3. The van der Waals surface area contributed by atoms with Gasteiger partial charge in [0.2, 0.25) is 0 Å². The third-order valence-electron chi connectivity index (χ3n) is 4.51. The fourth-order valence-corrected chi connectivity index (χ4v) is 3.27. The average molecular weight is 326 g/mol. The molecule has 2 aromatic carbocycles. The van der Waals surface area contributed by atoms with Gasteiger partial charge in [0.1, 0.15) is 5.75 Å². The molecule has 2 aromatic rings. The van der Waals surface area contributed by atoms with Crippen molar-refractivity contribution in [3.8, 4) is 5.75 Å². The van der Waals surface area contributed by atoms with Crippen LogP contribution in [0.3, 0.4) is 0 Å². The van der Waals surface area contributed by atoms with Crippen LogP contribution >= 0.6 is 0 Å². The first-order chi connectivity index (χ1) is 11.6. The number of para-hydroxylation sites is 1. The minimum absolute atomic E-state index is 0.159. The zero-order valence-corrected chi connectivity index (χ0v) is 13.5. The fourth-order valence-electron chi connectivity index (χ4n) is 3.27. The van der Waals surface area contributed by atoms with Crippen LogP contribution in [0.4, 0.5) is 4.79 Å². The van der Waals surface area contributed by atoms with E-state index in [9.17, 15) is 15.0 Å². The van der Waals surface area contributed by atoms with Crippen molar-refractivity contribution in [2.45, 2.75) is 19.0 Å². The maximum Gasteiger partial charge on any atom is 0.407 e. The number of nitrogens with zero attached hydrogens (tertiary/aromatic N) is 2. The molecule has 1 atom stereocenters. The molecule has 2 N–H and O–H groups in total. The van der Waals surface area contributed by atoms with Crippen molar-refractivity contribution >= 4 is 6.09 Å². The SMILES string of the molecule is O=C(O)N1CCN(Cc2ccccc2)C[C@H]1Cc1ccccc1O. The second-order valence-corrected chi connectivity index (χ2v) is 6.18. The lowest BCUT2D eigenvalue weighted by Crippen LogP contribution is -2.55. The average Bonchev–Trinajstić information content (AvgIpc) is 2.58. The summed E-state index contributed by atoms with van der Waals surface area (Å²) in [6.07, 6.45) is -0.376. The van der Waals surface area contributed by atoms with Gasteiger partial charge in [0.25, 0.3) is 0 Å². The van der Waals surface area contributed by atoms with E-state index in [2.05, 4.69) is 17.0 Å². The van der Waals surface area contributed by atoms with E-state index in [-0.39, 0.29) is 11.8 Å². The minimum atomic E-state index is -0.894. The van der Waals surface area contributed by atoms with E-state index in [1.807, 2.05) is 30.3 Å². The van der Waals surface area contributed by atoms with Crippen molar-refractivity contribution in [2.24, 2.45) is 0 Å². The van der Waals surface area contributed by atoms with E-state index in [0.717, 1.165) is 18.7 Å². The molecule has 0 aliphatic carbocycles. The van der Waals surface area contributed by atoms with Crippen LogP contribution < -0.4 is 0 Å². The number of carbonyl (C=O) groups is 1. The second-order valence-electron chi connectivity index (χ2n) is 6.18. The molecule has 0 radical (unpaired) electrons. The molecule has 1 aliphatic heterocycles. The van der Waals surface area contributed by atoms with E-state index in [0.29, 0.717) is 19.5 Å². The summed E-state index contributed by atoms with van der Waals surface area (Å²) in [7, 11) is 0. The van der Waals surface area contributed by atoms with E-state index in [1.54, 1.807) is 12.1 Å². The van der Waals surface area contributed by atoms with Crippen molar-refractivity contribution in [3.63, 3.8) is 0 Å². The Labute approximate surface area is 141 Å². The fraction of sp³-hybridized carbons (Fsp3) is 0.316. The van der Waals surface area contributed by atoms with Crippen LogP contribution in [-0.4, -0.2) is 51.8 Å². The number of piperazine rings is 1. The van der Waals surface area contributed by atoms with Gasteiger partial charge in [-0.3, -0.25) is 4.90 Å². The van der Waals surface area contributed by atoms with Crippen LogP contribution in [-0.2, 0) is 13.0 Å². The standard InChI is InChI=1S/C19H22N2O3/c22-18-9-5-4-8-16(18)12-17-14-20(10-11-21(17)19(23)24)13-15-6-2-1-3-7-15/h1-9,17,22H,10-14H2,(H,23,24)/t17-/m1/s1. The van der Waals surface area contributed by atoms with Crippen molar-refractivity contribution in [1.82, 2.24) is 9.80 Å². The topological polar surface area (TPSA) is 64.0 Å². The van der Waals surface area contributed by atoms with Crippen LogP contribution in [0, 0.1) is 0 Å². The Bertz CT molecular complexity index is 690. The second kappa shape index (κ2) is 7.36. The first-order valence-corrected chi connectivity index (χ1v) is 8.16. The lowest BCUT2D eigenvalue weighted by atomic mass is 10.0. The van der Waals surface area contributed by atoms with Crippen molar-refractivity contribution < 1.29 is 15.0 Å². The molecule has 5 heteroatoms. The summed E-state index contributed by atoms with van der Waals surface area (Å²) >= 11 is 0. The normalized spacial score (nSPS) is 18.5. The number of phenols is 1. The number of benzene rings is 2. The van der Waals surface area contributed by atoms with Crippen LogP contribution in [0.1, 0.15) is 11.1 Å². The molecule has 1 saturated heterocycles. The zero-order chi connectivity index (χ0) is 16.9. The Kier molecular flexibility index (Phi) is 5.01. The largest absolute Gasteiger partial charge is 0.508 e. The highest BCUT2D eigenvalue weighted by molar-refractivity contribution is 5.65. The van der Waals surface area contributed by atoms with E-state index in [4.69, 9.17) is 0 Å². The lowest BCUT2D eigenvalue weighted by molar-refractivity contribution is 0.0643. The summed E-state index contributed by atoms with van der Waals surface area (Å²) in [6, 6.07) is 17.2. The Morgan fingerprint density at radius 1 is 1.04 bits per heavy atom. The molecule has 24 heavy (non-hydrogen) atoms. The quantitative estimate of drug-likeness (QED) is 0.907. The third-order valence-corrected chi connectivity index (χ3v) is 4.51. The molecule has 1 fully saturated rings. The van der Waals surface area contributed by atoms with Gasteiger partial charge >= 0.3 is 6.09 Å². The van der Waals surface area contributed by atoms with Crippen LogP contribution in [0.25, 0.3) is 0 Å². The summed E-state index contributed by atoms with van der Waals surface area (Å²) < 4.78 is 0. The molecule has 1 amide bonds. The molecular weight excluding hydrogens is 304 g/mol. The monoisotopic (exact) mass is 326 g/mol. The highest BCUT2D eigenvalue weighted by Gasteiger charge is 2.30. The Morgan fingerprint density at radius 2 is 1.75 bits per heavy atom. The Morgan fingerprint density at radius 3 is 2.46 bits per heavy atom.